The molecule has 0 fully saturated rings. The van der Waals surface area contributed by atoms with Gasteiger partial charge >= 0.3 is 0 Å². The maximum absolute atomic E-state index is 14.9. The summed E-state index contributed by atoms with van der Waals surface area (Å²) in [5.74, 6) is -0.739. The molecule has 0 aliphatic heterocycles. The Morgan fingerprint density at radius 1 is 0.476 bits per heavy atom. The molecule has 2 aromatic heterocycles. The van der Waals surface area contributed by atoms with Gasteiger partial charge in [-0.25, -0.2) is 51.9 Å². The van der Waals surface area contributed by atoms with Crippen molar-refractivity contribution < 1.29 is 22.0 Å². The highest BCUT2D eigenvalue weighted by Gasteiger charge is 2.19. The number of halogens is 5. The van der Waals surface area contributed by atoms with Gasteiger partial charge in [0.05, 0.1) is 23.3 Å². The molecule has 0 amide bonds. The minimum Gasteiger partial charge on any atom is -0.292 e. The van der Waals surface area contributed by atoms with Crippen molar-refractivity contribution in [1.29, 1.82) is 0 Å². The fourth-order valence-corrected chi connectivity index (χ4v) is 6.95. The van der Waals surface area contributed by atoms with Crippen LogP contribution in [-0.2, 0) is 6.54 Å². The number of rotatable bonds is 9. The monoisotopic (exact) mass is 838 g/mol. The number of benzene rings is 7. The lowest BCUT2D eigenvalue weighted by Gasteiger charge is -2.13. The number of hydrogen-bond donors (Lipinski definition) is 0. The SMILES string of the molecule is C=N/C(=N\C(=N/Cc1cc(-c2nc(-c3ccc(F)cc3)nc(-c3ccc(F)cc3)n2)cc(-c2nc3ccccc3n2-c2cccc(F)c2)c1)c1ccc(F)cc1)c1ccc(F)cc1. The molecule has 7 aromatic carbocycles. The zero-order valence-corrected chi connectivity index (χ0v) is 33.0. The standard InChI is InChI=1S/C50H31F5N8/c1-56-45(31-9-17-37(51)18-10-31)59-46(32-11-19-38(52)20-12-32)57-29-30-25-35(27-36(26-30)50-58-43-7-2-3-8-44(43)63(50)42-6-4-5-41(55)28-42)49-61-47(33-13-21-39(53)22-14-33)60-48(62-49)34-15-23-40(54)24-16-34/h2-28H,1,29H2/b57-46-,59-45-. The second kappa shape index (κ2) is 17.3. The lowest BCUT2D eigenvalue weighted by atomic mass is 10.0. The van der Waals surface area contributed by atoms with Gasteiger partial charge in [-0.3, -0.25) is 9.56 Å². The van der Waals surface area contributed by atoms with E-state index in [2.05, 4.69) is 11.7 Å². The van der Waals surface area contributed by atoms with Gasteiger partial charge < -0.3 is 0 Å². The first-order valence-electron chi connectivity index (χ1n) is 19.5. The van der Waals surface area contributed by atoms with Gasteiger partial charge in [-0.05, 0) is 158 Å². The molecule has 0 aliphatic carbocycles. The molecule has 0 spiro atoms. The van der Waals surface area contributed by atoms with E-state index in [4.69, 9.17) is 29.9 Å². The van der Waals surface area contributed by atoms with Gasteiger partial charge in [0.15, 0.2) is 29.1 Å². The molecule has 0 saturated heterocycles. The van der Waals surface area contributed by atoms with E-state index in [-0.39, 0.29) is 35.7 Å². The second-order valence-corrected chi connectivity index (χ2v) is 14.2. The number of hydrogen-bond acceptors (Lipinski definition) is 5. The van der Waals surface area contributed by atoms with Gasteiger partial charge in [-0.1, -0.05) is 18.2 Å². The quantitative estimate of drug-likeness (QED) is 0.0822. The fourth-order valence-electron chi connectivity index (χ4n) is 6.95. The molecule has 0 radical (unpaired) electrons. The molecule has 0 saturated carbocycles. The van der Waals surface area contributed by atoms with Crippen molar-refractivity contribution in [2.45, 2.75) is 6.54 Å². The Morgan fingerprint density at radius 2 is 1.00 bits per heavy atom. The zero-order chi connectivity index (χ0) is 43.5. The Bertz CT molecular complexity index is 3140. The Hall–Kier alpha value is -8.32. The third-order valence-electron chi connectivity index (χ3n) is 9.95. The average molecular weight is 839 g/mol. The van der Waals surface area contributed by atoms with Crippen LogP contribution in [0.25, 0.3) is 62.3 Å². The molecular weight excluding hydrogens is 808 g/mol. The molecule has 0 N–H and O–H groups in total. The molecule has 0 aliphatic rings. The lowest BCUT2D eigenvalue weighted by molar-refractivity contribution is 0.626. The topological polar surface area (TPSA) is 93.6 Å². The van der Waals surface area contributed by atoms with Crippen molar-refractivity contribution in [1.82, 2.24) is 24.5 Å². The Morgan fingerprint density at radius 3 is 1.57 bits per heavy atom. The predicted octanol–water partition coefficient (Wildman–Crippen LogP) is 11.7. The minimum atomic E-state index is -0.460. The summed E-state index contributed by atoms with van der Waals surface area (Å²) in [5, 5.41) is 0. The number of fused-ring (bicyclic) bond motifs is 1. The summed E-state index contributed by atoms with van der Waals surface area (Å²) in [5.41, 5.74) is 5.55. The van der Waals surface area contributed by atoms with Crippen molar-refractivity contribution >= 4 is 29.4 Å². The molecule has 306 valence electrons. The zero-order valence-electron chi connectivity index (χ0n) is 33.0. The van der Waals surface area contributed by atoms with Crippen LogP contribution < -0.4 is 0 Å². The number of imidazole rings is 1. The molecule has 0 atom stereocenters. The minimum absolute atomic E-state index is 0.00813. The Kier molecular flexibility index (Phi) is 11.0. The second-order valence-electron chi connectivity index (χ2n) is 14.2. The van der Waals surface area contributed by atoms with E-state index in [1.807, 2.05) is 47.0 Å². The number of amidine groups is 2. The molecule has 9 rings (SSSR count). The normalized spacial score (nSPS) is 11.9. The number of aliphatic imine (C=N–C) groups is 3. The first kappa shape index (κ1) is 40.1. The van der Waals surface area contributed by atoms with Crippen LogP contribution in [0.2, 0.25) is 0 Å². The Balaban J connectivity index is 1.27. The number of aromatic nitrogens is 5. The third-order valence-corrected chi connectivity index (χ3v) is 9.95. The van der Waals surface area contributed by atoms with Crippen molar-refractivity contribution in [2.75, 3.05) is 0 Å². The van der Waals surface area contributed by atoms with Gasteiger partial charge in [0.2, 0.25) is 0 Å². The fraction of sp³-hybridized carbons (Fsp3) is 0.0200. The van der Waals surface area contributed by atoms with Gasteiger partial charge in [0.1, 0.15) is 34.9 Å². The van der Waals surface area contributed by atoms with Crippen LogP contribution in [0.3, 0.4) is 0 Å². The van der Waals surface area contributed by atoms with Gasteiger partial charge in [-0.2, -0.15) is 0 Å². The molecule has 0 unspecified atom stereocenters. The van der Waals surface area contributed by atoms with E-state index in [1.54, 1.807) is 36.4 Å². The lowest BCUT2D eigenvalue weighted by Crippen LogP contribution is -2.06. The van der Waals surface area contributed by atoms with E-state index in [1.165, 1.54) is 84.9 Å². The van der Waals surface area contributed by atoms with E-state index in [9.17, 15) is 22.0 Å². The van der Waals surface area contributed by atoms with Crippen molar-refractivity contribution in [3.8, 4) is 51.2 Å². The molecule has 63 heavy (non-hydrogen) atoms. The summed E-state index contributed by atoms with van der Waals surface area (Å²) >= 11 is 0. The van der Waals surface area contributed by atoms with Crippen LogP contribution in [0, 0.1) is 29.1 Å². The van der Waals surface area contributed by atoms with E-state index < -0.39 is 29.1 Å². The highest BCUT2D eigenvalue weighted by molar-refractivity contribution is 6.12. The first-order chi connectivity index (χ1) is 30.7. The highest BCUT2D eigenvalue weighted by atomic mass is 19.1. The molecule has 8 nitrogen and oxygen atoms in total. The van der Waals surface area contributed by atoms with Gasteiger partial charge in [0, 0.05) is 33.4 Å². The molecular formula is C50H31F5N8. The van der Waals surface area contributed by atoms with Crippen molar-refractivity contribution in [2.24, 2.45) is 15.0 Å². The van der Waals surface area contributed by atoms with Crippen LogP contribution in [0.1, 0.15) is 16.7 Å². The number of para-hydroxylation sites is 2. The summed E-state index contributed by atoms with van der Waals surface area (Å²) in [6, 6.07) is 41.8. The van der Waals surface area contributed by atoms with Gasteiger partial charge in [-0.15, -0.1) is 0 Å². The highest BCUT2D eigenvalue weighted by Crippen LogP contribution is 2.34. The molecule has 0 bridgehead atoms. The van der Waals surface area contributed by atoms with E-state index in [0.29, 0.717) is 56.0 Å². The summed E-state index contributed by atoms with van der Waals surface area (Å²) in [7, 11) is 0. The van der Waals surface area contributed by atoms with E-state index in [0.717, 1.165) is 5.52 Å². The van der Waals surface area contributed by atoms with Crippen molar-refractivity contribution in [3.05, 3.63) is 210 Å². The molecule has 9 aromatic rings. The van der Waals surface area contributed by atoms with Crippen LogP contribution in [-0.4, -0.2) is 42.9 Å². The summed E-state index contributed by atoms with van der Waals surface area (Å²) in [6.45, 7) is 3.67. The maximum Gasteiger partial charge on any atom is 0.164 e. The average Bonchev–Trinajstić information content (AvgIpc) is 3.70. The summed E-state index contributed by atoms with van der Waals surface area (Å²) in [4.78, 5) is 33.2. The molecule has 13 heteroatoms. The largest absolute Gasteiger partial charge is 0.292 e. The molecule has 2 heterocycles. The summed E-state index contributed by atoms with van der Waals surface area (Å²) in [6.07, 6.45) is 0. The van der Waals surface area contributed by atoms with Crippen LogP contribution in [0.15, 0.2) is 179 Å². The maximum atomic E-state index is 14.9. The van der Waals surface area contributed by atoms with Gasteiger partial charge in [0.25, 0.3) is 0 Å². The first-order valence-corrected chi connectivity index (χ1v) is 19.5. The number of nitrogens with zero attached hydrogens (tertiary/aromatic N) is 8. The van der Waals surface area contributed by atoms with E-state index >= 15 is 0 Å². The van der Waals surface area contributed by atoms with Crippen molar-refractivity contribution in [3.63, 3.8) is 0 Å². The van der Waals surface area contributed by atoms with Crippen LogP contribution in [0.5, 0.6) is 0 Å². The summed E-state index contributed by atoms with van der Waals surface area (Å²) < 4.78 is 73.0. The van der Waals surface area contributed by atoms with Crippen LogP contribution in [0.4, 0.5) is 22.0 Å². The van der Waals surface area contributed by atoms with Crippen LogP contribution >= 0.6 is 0 Å². The Labute approximate surface area is 357 Å². The smallest absolute Gasteiger partial charge is 0.164 e. The predicted molar refractivity (Wildman–Crippen MR) is 235 cm³/mol. The third kappa shape index (κ3) is 8.79.